The second-order valence-corrected chi connectivity index (χ2v) is 4.77. The number of nitrogens with one attached hydrogen (secondary N) is 2. The van der Waals surface area contributed by atoms with Crippen molar-refractivity contribution < 1.29 is 0 Å². The third-order valence-electron chi connectivity index (χ3n) is 1.51. The summed E-state index contributed by atoms with van der Waals surface area (Å²) in [7, 11) is 0. The summed E-state index contributed by atoms with van der Waals surface area (Å²) in [6.07, 6.45) is 0. The Morgan fingerprint density at radius 1 is 1.08 bits per heavy atom. The van der Waals surface area contributed by atoms with Gasteiger partial charge in [0.25, 0.3) is 0 Å². The molecular formula is C10H24N2. The second kappa shape index (κ2) is 5.55. The topological polar surface area (TPSA) is 24.1 Å². The van der Waals surface area contributed by atoms with Gasteiger partial charge in [-0.2, -0.15) is 0 Å². The zero-order chi connectivity index (χ0) is 9.61. The Balaban J connectivity index is 3.12. The van der Waals surface area contributed by atoms with Gasteiger partial charge in [0.05, 0.1) is 0 Å². The van der Waals surface area contributed by atoms with Gasteiger partial charge in [0, 0.05) is 18.6 Å². The molecule has 0 aliphatic heterocycles. The lowest BCUT2D eigenvalue weighted by Crippen LogP contribution is -2.40. The Morgan fingerprint density at radius 2 is 1.67 bits per heavy atom. The van der Waals surface area contributed by atoms with Crippen LogP contribution in [-0.2, 0) is 0 Å². The predicted octanol–water partition coefficient (Wildman–Crippen LogP) is 1.62. The van der Waals surface area contributed by atoms with Crippen LogP contribution in [-0.4, -0.2) is 25.2 Å². The van der Waals surface area contributed by atoms with Crippen molar-refractivity contribution in [3.05, 3.63) is 0 Å². The zero-order valence-corrected chi connectivity index (χ0v) is 9.20. The Labute approximate surface area is 77.1 Å². The van der Waals surface area contributed by atoms with E-state index in [1.165, 1.54) is 0 Å². The SMILES string of the molecule is CC(C)CNCCNC(C)(C)C. The Kier molecular flexibility index (Phi) is 5.51. The molecule has 0 atom stereocenters. The van der Waals surface area contributed by atoms with E-state index in [9.17, 15) is 0 Å². The second-order valence-electron chi connectivity index (χ2n) is 4.77. The van der Waals surface area contributed by atoms with Gasteiger partial charge in [-0.25, -0.2) is 0 Å². The van der Waals surface area contributed by atoms with Gasteiger partial charge in [-0.3, -0.25) is 0 Å². The van der Waals surface area contributed by atoms with Crippen LogP contribution in [0.25, 0.3) is 0 Å². The smallest absolute Gasteiger partial charge is 0.00970 e. The van der Waals surface area contributed by atoms with Gasteiger partial charge in [0.1, 0.15) is 0 Å². The highest BCUT2D eigenvalue weighted by atomic mass is 15.0. The Hall–Kier alpha value is -0.0800. The van der Waals surface area contributed by atoms with E-state index in [0.717, 1.165) is 25.6 Å². The first-order valence-corrected chi connectivity index (χ1v) is 4.87. The number of rotatable bonds is 5. The quantitative estimate of drug-likeness (QED) is 0.616. The highest BCUT2D eigenvalue weighted by Crippen LogP contribution is 1.96. The largest absolute Gasteiger partial charge is 0.315 e. The molecule has 2 N–H and O–H groups in total. The summed E-state index contributed by atoms with van der Waals surface area (Å²) in [5.74, 6) is 0.750. The predicted molar refractivity (Wildman–Crippen MR) is 55.5 cm³/mol. The van der Waals surface area contributed by atoms with Crippen molar-refractivity contribution in [1.82, 2.24) is 10.6 Å². The van der Waals surface area contributed by atoms with Crippen LogP contribution in [0.1, 0.15) is 34.6 Å². The average Bonchev–Trinajstić information content (AvgIpc) is 1.83. The molecule has 0 fully saturated rings. The van der Waals surface area contributed by atoms with Gasteiger partial charge in [0.15, 0.2) is 0 Å². The number of hydrogen-bond acceptors (Lipinski definition) is 2. The van der Waals surface area contributed by atoms with Crippen LogP contribution in [0.3, 0.4) is 0 Å². The van der Waals surface area contributed by atoms with Crippen LogP contribution in [0.2, 0.25) is 0 Å². The zero-order valence-electron chi connectivity index (χ0n) is 9.20. The fraction of sp³-hybridized carbons (Fsp3) is 1.00. The lowest BCUT2D eigenvalue weighted by Gasteiger charge is -2.20. The minimum absolute atomic E-state index is 0.250. The molecule has 0 heterocycles. The molecule has 0 radical (unpaired) electrons. The first-order chi connectivity index (χ1) is 5.42. The molecule has 2 heteroatoms. The van der Waals surface area contributed by atoms with E-state index in [0.29, 0.717) is 0 Å². The van der Waals surface area contributed by atoms with Crippen molar-refractivity contribution in [2.24, 2.45) is 5.92 Å². The summed E-state index contributed by atoms with van der Waals surface area (Å²) in [5, 5.41) is 6.83. The van der Waals surface area contributed by atoms with E-state index >= 15 is 0 Å². The highest BCUT2D eigenvalue weighted by molar-refractivity contribution is 4.70. The van der Waals surface area contributed by atoms with Crippen molar-refractivity contribution in [3.63, 3.8) is 0 Å². The molecule has 0 aliphatic rings. The van der Waals surface area contributed by atoms with Crippen LogP contribution < -0.4 is 10.6 Å². The van der Waals surface area contributed by atoms with Crippen LogP contribution in [0.5, 0.6) is 0 Å². The molecule has 74 valence electrons. The maximum absolute atomic E-state index is 3.43. The summed E-state index contributed by atoms with van der Waals surface area (Å²) < 4.78 is 0. The molecule has 0 saturated heterocycles. The standard InChI is InChI=1S/C10H24N2/c1-9(2)8-11-6-7-12-10(3,4)5/h9,11-12H,6-8H2,1-5H3. The van der Waals surface area contributed by atoms with Crippen molar-refractivity contribution in [3.8, 4) is 0 Å². The van der Waals surface area contributed by atoms with Gasteiger partial charge in [-0.15, -0.1) is 0 Å². The molecule has 0 rings (SSSR count). The third-order valence-corrected chi connectivity index (χ3v) is 1.51. The Bertz CT molecular complexity index is 103. The maximum atomic E-state index is 3.43. The molecule has 0 aromatic heterocycles. The minimum Gasteiger partial charge on any atom is -0.315 e. The molecule has 0 aromatic rings. The summed E-state index contributed by atoms with van der Waals surface area (Å²) in [5.41, 5.74) is 0.250. The summed E-state index contributed by atoms with van der Waals surface area (Å²) in [4.78, 5) is 0. The lowest BCUT2D eigenvalue weighted by molar-refractivity contribution is 0.417. The van der Waals surface area contributed by atoms with Gasteiger partial charge in [0.2, 0.25) is 0 Å². The molecule has 0 amide bonds. The van der Waals surface area contributed by atoms with Crippen molar-refractivity contribution >= 4 is 0 Å². The lowest BCUT2D eigenvalue weighted by atomic mass is 10.1. The first-order valence-electron chi connectivity index (χ1n) is 4.87. The van der Waals surface area contributed by atoms with Crippen molar-refractivity contribution in [1.29, 1.82) is 0 Å². The molecule has 0 bridgehead atoms. The van der Waals surface area contributed by atoms with Crippen LogP contribution in [0, 0.1) is 5.92 Å². The fourth-order valence-corrected chi connectivity index (χ4v) is 0.917. The first kappa shape index (κ1) is 11.9. The summed E-state index contributed by atoms with van der Waals surface area (Å²) >= 11 is 0. The van der Waals surface area contributed by atoms with E-state index in [1.54, 1.807) is 0 Å². The normalized spacial score (nSPS) is 12.5. The molecule has 0 aromatic carbocycles. The fourth-order valence-electron chi connectivity index (χ4n) is 0.917. The average molecular weight is 172 g/mol. The van der Waals surface area contributed by atoms with E-state index in [2.05, 4.69) is 45.3 Å². The van der Waals surface area contributed by atoms with Crippen molar-refractivity contribution in [2.45, 2.75) is 40.2 Å². The van der Waals surface area contributed by atoms with E-state index in [-0.39, 0.29) is 5.54 Å². The molecule has 2 nitrogen and oxygen atoms in total. The molecule has 0 aliphatic carbocycles. The minimum atomic E-state index is 0.250. The maximum Gasteiger partial charge on any atom is 0.00970 e. The van der Waals surface area contributed by atoms with Crippen LogP contribution >= 0.6 is 0 Å². The van der Waals surface area contributed by atoms with Crippen molar-refractivity contribution in [2.75, 3.05) is 19.6 Å². The van der Waals surface area contributed by atoms with E-state index in [1.807, 2.05) is 0 Å². The van der Waals surface area contributed by atoms with Crippen LogP contribution in [0.4, 0.5) is 0 Å². The van der Waals surface area contributed by atoms with E-state index in [4.69, 9.17) is 0 Å². The summed E-state index contributed by atoms with van der Waals surface area (Å²) in [6.45, 7) is 14.3. The van der Waals surface area contributed by atoms with Gasteiger partial charge >= 0.3 is 0 Å². The highest BCUT2D eigenvalue weighted by Gasteiger charge is 2.06. The third kappa shape index (κ3) is 9.92. The molecule has 0 spiro atoms. The van der Waals surface area contributed by atoms with E-state index < -0.39 is 0 Å². The number of hydrogen-bond donors (Lipinski definition) is 2. The molecule has 12 heavy (non-hydrogen) atoms. The van der Waals surface area contributed by atoms with Crippen LogP contribution in [0.15, 0.2) is 0 Å². The Morgan fingerprint density at radius 3 is 2.08 bits per heavy atom. The summed E-state index contributed by atoms with van der Waals surface area (Å²) in [6, 6.07) is 0. The molecular weight excluding hydrogens is 148 g/mol. The van der Waals surface area contributed by atoms with Gasteiger partial charge in [-0.05, 0) is 33.2 Å². The van der Waals surface area contributed by atoms with Gasteiger partial charge in [-0.1, -0.05) is 13.8 Å². The molecule has 0 saturated carbocycles. The monoisotopic (exact) mass is 172 g/mol. The molecule has 0 unspecified atom stereocenters. The van der Waals surface area contributed by atoms with Gasteiger partial charge < -0.3 is 10.6 Å².